The highest BCUT2D eigenvalue weighted by atomic mass is 16.5. The van der Waals surface area contributed by atoms with Gasteiger partial charge in [0.15, 0.2) is 5.60 Å². The zero-order chi connectivity index (χ0) is 9.19. The summed E-state index contributed by atoms with van der Waals surface area (Å²) < 4.78 is 4.71. The lowest BCUT2D eigenvalue weighted by molar-refractivity contribution is 0.108. The molecule has 0 spiro atoms. The summed E-state index contributed by atoms with van der Waals surface area (Å²) in [6.45, 7) is 4.82. The Balaban J connectivity index is 3.02. The normalized spacial score (nSPS) is 14.7. The molecule has 0 saturated heterocycles. The van der Waals surface area contributed by atoms with Crippen molar-refractivity contribution < 1.29 is 9.63 Å². The zero-order valence-corrected chi connectivity index (χ0v) is 7.25. The van der Waals surface area contributed by atoms with Crippen LogP contribution < -0.4 is 0 Å². The van der Waals surface area contributed by atoms with Crippen molar-refractivity contribution in [3.63, 3.8) is 0 Å². The van der Waals surface area contributed by atoms with E-state index < -0.39 is 5.60 Å². The van der Waals surface area contributed by atoms with Crippen LogP contribution in [-0.2, 0) is 5.60 Å². The maximum atomic E-state index is 9.64. The van der Waals surface area contributed by atoms with Gasteiger partial charge in [0.25, 0.3) is 0 Å². The van der Waals surface area contributed by atoms with Crippen LogP contribution in [0.15, 0.2) is 4.52 Å². The van der Waals surface area contributed by atoms with Crippen molar-refractivity contribution in [1.29, 1.82) is 0 Å². The summed E-state index contributed by atoms with van der Waals surface area (Å²) in [7, 11) is 0. The third-order valence-electron chi connectivity index (χ3n) is 1.33. The number of aliphatic hydroxyl groups is 1. The van der Waals surface area contributed by atoms with Crippen molar-refractivity contribution in [2.75, 3.05) is 0 Å². The van der Waals surface area contributed by atoms with Gasteiger partial charge in [0.2, 0.25) is 11.7 Å². The van der Waals surface area contributed by atoms with Gasteiger partial charge >= 0.3 is 0 Å². The van der Waals surface area contributed by atoms with Crippen LogP contribution in [0, 0.1) is 18.8 Å². The number of hydrogen-bond donors (Lipinski definition) is 1. The Morgan fingerprint density at radius 2 is 2.25 bits per heavy atom. The minimum atomic E-state index is -1.31. The molecule has 0 fully saturated rings. The van der Waals surface area contributed by atoms with Crippen LogP contribution in [0.25, 0.3) is 0 Å². The van der Waals surface area contributed by atoms with Crippen molar-refractivity contribution in [3.05, 3.63) is 11.7 Å². The Kier molecular flexibility index (Phi) is 2.15. The average Bonchev–Trinajstić information content (AvgIpc) is 2.36. The summed E-state index contributed by atoms with van der Waals surface area (Å²) in [5.74, 6) is 5.79. The number of hydrogen-bond acceptors (Lipinski definition) is 4. The van der Waals surface area contributed by atoms with E-state index in [-0.39, 0.29) is 5.82 Å². The van der Waals surface area contributed by atoms with E-state index in [2.05, 4.69) is 22.0 Å². The van der Waals surface area contributed by atoms with Crippen molar-refractivity contribution in [3.8, 4) is 11.8 Å². The molecule has 0 aliphatic rings. The summed E-state index contributed by atoms with van der Waals surface area (Å²) >= 11 is 0. The molecule has 0 aromatic carbocycles. The highest BCUT2D eigenvalue weighted by Gasteiger charge is 2.25. The van der Waals surface area contributed by atoms with Gasteiger partial charge in [0.1, 0.15) is 0 Å². The molecule has 12 heavy (non-hydrogen) atoms. The molecule has 0 saturated carbocycles. The Hall–Kier alpha value is -1.34. The van der Waals surface area contributed by atoms with Gasteiger partial charge < -0.3 is 9.63 Å². The fourth-order valence-electron chi connectivity index (χ4n) is 0.796. The molecule has 0 bridgehead atoms. The zero-order valence-electron chi connectivity index (χ0n) is 7.25. The summed E-state index contributed by atoms with van der Waals surface area (Å²) in [4.78, 5) is 3.87. The first-order valence-corrected chi connectivity index (χ1v) is 3.53. The second-order valence-electron chi connectivity index (χ2n) is 2.58. The summed E-state index contributed by atoms with van der Waals surface area (Å²) in [6, 6.07) is 0. The molecule has 64 valence electrons. The largest absolute Gasteiger partial charge is 0.371 e. The van der Waals surface area contributed by atoms with E-state index in [0.29, 0.717) is 5.89 Å². The third-order valence-corrected chi connectivity index (χ3v) is 1.33. The van der Waals surface area contributed by atoms with E-state index in [0.717, 1.165) is 0 Å². The minimum Gasteiger partial charge on any atom is -0.371 e. The molecule has 1 aromatic rings. The average molecular weight is 166 g/mol. The third kappa shape index (κ3) is 1.63. The van der Waals surface area contributed by atoms with Crippen LogP contribution in [0.5, 0.6) is 0 Å². The lowest BCUT2D eigenvalue weighted by Crippen LogP contribution is -2.20. The first-order valence-electron chi connectivity index (χ1n) is 3.53. The summed E-state index contributed by atoms with van der Waals surface area (Å²) in [5, 5.41) is 13.2. The predicted octanol–water partition coefficient (Wildman–Crippen LogP) is 0.609. The fourth-order valence-corrected chi connectivity index (χ4v) is 0.796. The molecule has 4 nitrogen and oxygen atoms in total. The van der Waals surface area contributed by atoms with Crippen LogP contribution >= 0.6 is 0 Å². The van der Waals surface area contributed by atoms with Crippen LogP contribution in [0.3, 0.4) is 0 Å². The van der Waals surface area contributed by atoms with Gasteiger partial charge in [-0.3, -0.25) is 0 Å². The van der Waals surface area contributed by atoms with Crippen LogP contribution in [-0.4, -0.2) is 15.2 Å². The van der Waals surface area contributed by atoms with E-state index in [1.165, 1.54) is 6.92 Å². The molecule has 1 unspecified atom stereocenters. The summed E-state index contributed by atoms with van der Waals surface area (Å²) in [6.07, 6.45) is 0. The molecule has 1 N–H and O–H groups in total. The summed E-state index contributed by atoms with van der Waals surface area (Å²) in [5.41, 5.74) is -1.31. The van der Waals surface area contributed by atoms with Crippen LogP contribution in [0.1, 0.15) is 25.6 Å². The second-order valence-corrected chi connectivity index (χ2v) is 2.58. The van der Waals surface area contributed by atoms with E-state index in [9.17, 15) is 5.11 Å². The van der Waals surface area contributed by atoms with Gasteiger partial charge in [-0.2, -0.15) is 4.98 Å². The first-order chi connectivity index (χ1) is 5.56. The quantitative estimate of drug-likeness (QED) is 0.621. The predicted molar refractivity (Wildman–Crippen MR) is 42.1 cm³/mol. The first kappa shape index (κ1) is 8.75. The molecule has 0 radical (unpaired) electrons. The van der Waals surface area contributed by atoms with Gasteiger partial charge in [-0.15, -0.1) is 5.92 Å². The van der Waals surface area contributed by atoms with Crippen LogP contribution in [0.2, 0.25) is 0 Å². The van der Waals surface area contributed by atoms with Crippen LogP contribution in [0.4, 0.5) is 0 Å². The lowest BCUT2D eigenvalue weighted by Gasteiger charge is -2.09. The molecular weight excluding hydrogens is 156 g/mol. The minimum absolute atomic E-state index is 0.203. The smallest absolute Gasteiger partial charge is 0.223 e. The number of aromatic nitrogens is 2. The molecule has 1 rings (SSSR count). The SMILES string of the molecule is CC#CC(C)(O)c1noc(C)n1. The maximum absolute atomic E-state index is 9.64. The van der Waals surface area contributed by atoms with Gasteiger partial charge in [-0.05, 0) is 13.8 Å². The van der Waals surface area contributed by atoms with Gasteiger partial charge in [-0.25, -0.2) is 0 Å². The lowest BCUT2D eigenvalue weighted by atomic mass is 10.1. The Bertz CT molecular complexity index is 330. The molecular formula is C8H10N2O2. The molecule has 4 heteroatoms. The molecule has 1 atom stereocenters. The van der Waals surface area contributed by atoms with E-state index >= 15 is 0 Å². The molecule has 0 aliphatic heterocycles. The van der Waals surface area contributed by atoms with E-state index in [1.54, 1.807) is 13.8 Å². The highest BCUT2D eigenvalue weighted by molar-refractivity contribution is 5.17. The monoisotopic (exact) mass is 166 g/mol. The Morgan fingerprint density at radius 1 is 1.58 bits per heavy atom. The van der Waals surface area contributed by atoms with E-state index in [1.807, 2.05) is 0 Å². The number of rotatable bonds is 1. The van der Waals surface area contributed by atoms with Gasteiger partial charge in [0.05, 0.1) is 0 Å². The molecule has 1 aromatic heterocycles. The Morgan fingerprint density at radius 3 is 2.67 bits per heavy atom. The second kappa shape index (κ2) is 2.95. The Labute approximate surface area is 70.6 Å². The standard InChI is InChI=1S/C8H10N2O2/c1-4-5-8(3,11)7-9-6(2)12-10-7/h11H,1-3H3. The van der Waals surface area contributed by atoms with E-state index in [4.69, 9.17) is 4.52 Å². The molecule has 1 heterocycles. The fraction of sp³-hybridized carbons (Fsp3) is 0.500. The van der Waals surface area contributed by atoms with Crippen molar-refractivity contribution >= 4 is 0 Å². The topological polar surface area (TPSA) is 59.2 Å². The van der Waals surface area contributed by atoms with Gasteiger partial charge in [0, 0.05) is 6.92 Å². The highest BCUT2D eigenvalue weighted by Crippen LogP contribution is 2.15. The molecule has 0 amide bonds. The van der Waals surface area contributed by atoms with Crippen molar-refractivity contribution in [2.45, 2.75) is 26.4 Å². The number of nitrogens with zero attached hydrogens (tertiary/aromatic N) is 2. The van der Waals surface area contributed by atoms with Crippen molar-refractivity contribution in [1.82, 2.24) is 10.1 Å². The van der Waals surface area contributed by atoms with Crippen molar-refractivity contribution in [2.24, 2.45) is 0 Å². The maximum Gasteiger partial charge on any atom is 0.223 e. The molecule has 0 aliphatic carbocycles. The number of aryl methyl sites for hydroxylation is 1. The van der Waals surface area contributed by atoms with Gasteiger partial charge in [-0.1, -0.05) is 11.1 Å².